The number of halogens is 6. The zero-order chi connectivity index (χ0) is 38.3. The van der Waals surface area contributed by atoms with Gasteiger partial charge < -0.3 is 43.7 Å². The van der Waals surface area contributed by atoms with Gasteiger partial charge in [-0.2, -0.15) is 17.6 Å². The topological polar surface area (TPSA) is 135 Å². The van der Waals surface area contributed by atoms with Crippen LogP contribution in [0.4, 0.5) is 26.3 Å². The molecule has 0 saturated heterocycles. The average molecular weight is 763 g/mol. The van der Waals surface area contributed by atoms with E-state index in [0.29, 0.717) is 11.5 Å². The van der Waals surface area contributed by atoms with Crippen molar-refractivity contribution in [3.05, 3.63) is 84.9 Å². The van der Waals surface area contributed by atoms with E-state index in [-0.39, 0.29) is 33.0 Å². The monoisotopic (exact) mass is 762 g/mol. The molecule has 0 aliphatic carbocycles. The van der Waals surface area contributed by atoms with Crippen LogP contribution in [-0.2, 0) is 28.4 Å². The Kier molecular flexibility index (Phi) is 15.9. The van der Waals surface area contributed by atoms with Crippen molar-refractivity contribution in [2.45, 2.75) is 36.8 Å². The van der Waals surface area contributed by atoms with Crippen molar-refractivity contribution in [3.63, 3.8) is 0 Å². The van der Waals surface area contributed by atoms with Crippen LogP contribution >= 0.6 is 0 Å². The molecule has 0 amide bonds. The Morgan fingerprint density at radius 2 is 0.849 bits per heavy atom. The molecule has 53 heavy (non-hydrogen) atoms. The number of hydrogen-bond donors (Lipinski definition) is 3. The highest BCUT2D eigenvalue weighted by molar-refractivity contribution is 5.84. The van der Waals surface area contributed by atoms with Gasteiger partial charge in [0.2, 0.25) is 0 Å². The highest BCUT2D eigenvalue weighted by Crippen LogP contribution is 2.33. The molecule has 0 aliphatic heterocycles. The van der Waals surface area contributed by atoms with Crippen LogP contribution in [0.5, 0.6) is 11.5 Å². The summed E-state index contributed by atoms with van der Waals surface area (Å²) in [4.78, 5) is 0. The molecule has 4 rings (SSSR count). The summed E-state index contributed by atoms with van der Waals surface area (Å²) in [6, 6.07) is 25.9. The van der Waals surface area contributed by atoms with E-state index >= 15 is 0 Å². The molecule has 0 heterocycles. The molecule has 4 aromatic carbocycles. The predicted molar refractivity (Wildman–Crippen MR) is 177 cm³/mol. The maximum Gasteiger partial charge on any atom is 0.495 e. The second-order valence-electron chi connectivity index (χ2n) is 11.7. The van der Waals surface area contributed by atoms with Crippen LogP contribution in [0, 0.1) is 0 Å². The summed E-state index contributed by atoms with van der Waals surface area (Å²) >= 11 is 0. The van der Waals surface area contributed by atoms with Gasteiger partial charge in [0.1, 0.15) is 56.2 Å². The zero-order valence-corrected chi connectivity index (χ0v) is 28.3. The Bertz CT molecular complexity index is 1680. The molecule has 17 heteroatoms. The molecule has 0 bridgehead atoms. The lowest BCUT2D eigenvalue weighted by molar-refractivity contribution is -0.518. The number of hydrogen-bond acceptors (Lipinski definition) is 11. The fourth-order valence-electron chi connectivity index (χ4n) is 4.65. The number of benzene rings is 4. The minimum atomic E-state index is -5.47. The largest absolute Gasteiger partial charge is 0.495 e. The standard InChI is InChI=1S/C36H40F6O11/c37-34(38,23-47-14-13-46-17-30(44)21-50-32-11-9-25-5-1-3-7-27(25)15-32)52-36(41,42)53-35(39,40)24-49-20-29(43)18-48-19-31(45)22-51-33-12-10-26-6-2-4-8-28(26)16-33/h1-12,15-16,29-31,43-45H,13-14,17-24H2. The summed E-state index contributed by atoms with van der Waals surface area (Å²) < 4.78 is 120. The minimum Gasteiger partial charge on any atom is -0.491 e. The normalized spacial score (nSPS) is 14.4. The van der Waals surface area contributed by atoms with Gasteiger partial charge in [-0.3, -0.25) is 0 Å². The molecule has 3 unspecified atom stereocenters. The van der Waals surface area contributed by atoms with E-state index in [1.165, 1.54) is 0 Å². The molecule has 0 fully saturated rings. The lowest BCUT2D eigenvalue weighted by Crippen LogP contribution is -2.44. The SMILES string of the molecule is OC(COCC(O)COc1ccc2ccccc2c1)COCC(F)(F)OC(F)(F)OC(F)(F)COCCOCC(O)COc1ccc2ccccc2c1. The Morgan fingerprint density at radius 1 is 0.453 bits per heavy atom. The first kappa shape index (κ1) is 42.0. The maximum absolute atomic E-state index is 13.9. The first-order chi connectivity index (χ1) is 25.2. The van der Waals surface area contributed by atoms with E-state index in [9.17, 15) is 41.7 Å². The number of rotatable bonds is 25. The van der Waals surface area contributed by atoms with Crippen LogP contribution < -0.4 is 9.47 Å². The molecular weight excluding hydrogens is 722 g/mol. The van der Waals surface area contributed by atoms with Crippen LogP contribution in [0.1, 0.15) is 0 Å². The van der Waals surface area contributed by atoms with Crippen LogP contribution in [0.3, 0.4) is 0 Å². The van der Waals surface area contributed by atoms with E-state index < -0.39 is 69.9 Å². The van der Waals surface area contributed by atoms with Crippen molar-refractivity contribution in [3.8, 4) is 11.5 Å². The van der Waals surface area contributed by atoms with Gasteiger partial charge in [-0.1, -0.05) is 60.7 Å². The first-order valence-electron chi connectivity index (χ1n) is 16.3. The van der Waals surface area contributed by atoms with Gasteiger partial charge in [0.25, 0.3) is 0 Å². The fourth-order valence-corrected chi connectivity index (χ4v) is 4.65. The lowest BCUT2D eigenvalue weighted by atomic mass is 10.1. The van der Waals surface area contributed by atoms with Crippen molar-refractivity contribution in [2.24, 2.45) is 0 Å². The van der Waals surface area contributed by atoms with E-state index in [4.69, 9.17) is 18.9 Å². The fraction of sp³-hybridized carbons (Fsp3) is 0.444. The molecule has 11 nitrogen and oxygen atoms in total. The summed E-state index contributed by atoms with van der Waals surface area (Å²) in [5.41, 5.74) is 0. The molecule has 4 aromatic rings. The highest BCUT2D eigenvalue weighted by Gasteiger charge is 2.52. The van der Waals surface area contributed by atoms with Crippen LogP contribution in [0.2, 0.25) is 0 Å². The van der Waals surface area contributed by atoms with Crippen molar-refractivity contribution >= 4 is 21.5 Å². The Hall–Kier alpha value is -3.78. The second-order valence-corrected chi connectivity index (χ2v) is 11.7. The molecule has 0 aromatic heterocycles. The third kappa shape index (κ3) is 15.6. The molecular formula is C36H40F6O11. The zero-order valence-electron chi connectivity index (χ0n) is 28.3. The van der Waals surface area contributed by atoms with Crippen LogP contribution in [0.25, 0.3) is 21.5 Å². The number of aliphatic hydroxyl groups excluding tert-OH is 3. The van der Waals surface area contributed by atoms with Crippen molar-refractivity contribution < 1.29 is 79.6 Å². The number of ether oxygens (including phenoxy) is 8. The number of aliphatic hydroxyl groups is 3. The van der Waals surface area contributed by atoms with Gasteiger partial charge in [-0.15, -0.1) is 8.78 Å². The number of fused-ring (bicyclic) bond motifs is 2. The molecule has 3 atom stereocenters. The van der Waals surface area contributed by atoms with E-state index in [0.717, 1.165) is 21.5 Å². The molecule has 0 saturated carbocycles. The van der Waals surface area contributed by atoms with Crippen molar-refractivity contribution in [1.82, 2.24) is 0 Å². The van der Waals surface area contributed by atoms with Gasteiger partial charge in [0, 0.05) is 0 Å². The molecule has 0 radical (unpaired) electrons. The minimum absolute atomic E-state index is 0.139. The summed E-state index contributed by atoms with van der Waals surface area (Å²) in [7, 11) is 0. The average Bonchev–Trinajstić information content (AvgIpc) is 3.10. The Balaban J connectivity index is 1.02. The second kappa shape index (κ2) is 20.1. The van der Waals surface area contributed by atoms with Crippen LogP contribution in [0.15, 0.2) is 84.9 Å². The molecule has 292 valence electrons. The third-order valence-corrected chi connectivity index (χ3v) is 7.02. The third-order valence-electron chi connectivity index (χ3n) is 7.02. The first-order valence-corrected chi connectivity index (χ1v) is 16.3. The highest BCUT2D eigenvalue weighted by atomic mass is 19.3. The van der Waals surface area contributed by atoms with Gasteiger partial charge in [-0.05, 0) is 45.8 Å². The quantitative estimate of drug-likeness (QED) is 0.0458. The van der Waals surface area contributed by atoms with E-state index in [1.54, 1.807) is 24.3 Å². The molecule has 0 spiro atoms. The van der Waals surface area contributed by atoms with Gasteiger partial charge in [0.15, 0.2) is 0 Å². The van der Waals surface area contributed by atoms with E-state index in [1.807, 2.05) is 60.7 Å². The Morgan fingerprint density at radius 3 is 1.36 bits per heavy atom. The molecule has 0 aliphatic rings. The summed E-state index contributed by atoms with van der Waals surface area (Å²) in [5, 5.41) is 33.8. The Labute approximate surface area is 300 Å². The van der Waals surface area contributed by atoms with Gasteiger partial charge in [0.05, 0.1) is 39.6 Å². The summed E-state index contributed by atoms with van der Waals surface area (Å²) in [6.45, 7) is -6.67. The van der Waals surface area contributed by atoms with Gasteiger partial charge in [-0.25, -0.2) is 9.47 Å². The maximum atomic E-state index is 13.9. The summed E-state index contributed by atoms with van der Waals surface area (Å²) in [6.07, 6.45) is -18.8. The number of alkyl halides is 6. The lowest BCUT2D eigenvalue weighted by Gasteiger charge is -2.26. The van der Waals surface area contributed by atoms with Gasteiger partial charge >= 0.3 is 18.5 Å². The van der Waals surface area contributed by atoms with Crippen molar-refractivity contribution in [2.75, 3.05) is 66.1 Å². The van der Waals surface area contributed by atoms with Crippen molar-refractivity contribution in [1.29, 1.82) is 0 Å². The summed E-state index contributed by atoms with van der Waals surface area (Å²) in [5.74, 6) is 1.01. The molecule has 3 N–H and O–H groups in total. The van der Waals surface area contributed by atoms with Crippen LogP contribution in [-0.4, -0.2) is 118 Å². The predicted octanol–water partition coefficient (Wildman–Crippen LogP) is 5.37. The smallest absolute Gasteiger partial charge is 0.491 e. The van der Waals surface area contributed by atoms with E-state index in [2.05, 4.69) is 18.9 Å².